The lowest BCUT2D eigenvalue weighted by Crippen LogP contribution is -2.04. The number of rotatable bonds is 5. The average Bonchev–Trinajstić information content (AvgIpc) is 2.20. The van der Waals surface area contributed by atoms with Gasteiger partial charge in [0.15, 0.2) is 0 Å². The first-order valence-corrected chi connectivity index (χ1v) is 4.60. The fourth-order valence-electron chi connectivity index (χ4n) is 1.13. The van der Waals surface area contributed by atoms with Crippen LogP contribution in [0.25, 0.3) is 0 Å². The molecule has 1 aromatic rings. The number of benzene rings is 1. The van der Waals surface area contributed by atoms with E-state index in [1.165, 1.54) is 0 Å². The van der Waals surface area contributed by atoms with Gasteiger partial charge < -0.3 is 4.74 Å². The van der Waals surface area contributed by atoms with Gasteiger partial charge in [-0.2, -0.15) is 5.26 Å². The molecule has 0 atom stereocenters. The Kier molecular flexibility index (Phi) is 4.55. The molecule has 0 N–H and O–H groups in total. The summed E-state index contributed by atoms with van der Waals surface area (Å²) in [5, 5.41) is 8.53. The first-order chi connectivity index (χ1) is 7.24. The zero-order valence-corrected chi connectivity index (χ0v) is 8.12. The molecule has 0 unspecified atom stereocenters. The predicted octanol–water partition coefficient (Wildman–Crippen LogP) is 2.79. The first-order valence-electron chi connectivity index (χ1n) is 4.60. The van der Waals surface area contributed by atoms with E-state index in [1.807, 2.05) is 6.07 Å². The summed E-state index contributed by atoms with van der Waals surface area (Å²) in [6.45, 7) is -0.0277. The number of nitrogens with zero attached hydrogens (tertiary/aromatic N) is 1. The Labute approximate surface area is 87.1 Å². The molecule has 0 spiro atoms. The van der Waals surface area contributed by atoms with Gasteiger partial charge in [-0.15, -0.1) is 0 Å². The maximum Gasteiger partial charge on any atom is 0.241 e. The van der Waals surface area contributed by atoms with Crippen molar-refractivity contribution in [2.75, 3.05) is 6.61 Å². The fraction of sp³-hybridized carbons (Fsp3) is 0.364. The van der Waals surface area contributed by atoms with Crippen molar-refractivity contribution in [3.05, 3.63) is 29.8 Å². The quantitative estimate of drug-likeness (QED) is 0.750. The molecule has 15 heavy (non-hydrogen) atoms. The minimum atomic E-state index is -2.35. The molecule has 0 amide bonds. The van der Waals surface area contributed by atoms with E-state index in [1.54, 1.807) is 24.3 Å². The van der Waals surface area contributed by atoms with Crippen LogP contribution < -0.4 is 4.74 Å². The standard InChI is InChI=1S/C11H11F2NO/c12-11(13)6-8-15-10-4-2-1-3-9(10)5-7-14/h1-4,11H,5-6,8H2. The highest BCUT2D eigenvalue weighted by Gasteiger charge is 2.05. The van der Waals surface area contributed by atoms with Gasteiger partial charge in [0.05, 0.1) is 19.1 Å². The highest BCUT2D eigenvalue weighted by molar-refractivity contribution is 5.35. The summed E-state index contributed by atoms with van der Waals surface area (Å²) in [7, 11) is 0. The second-order valence-corrected chi connectivity index (χ2v) is 2.97. The summed E-state index contributed by atoms with van der Waals surface area (Å²) in [5.41, 5.74) is 0.731. The predicted molar refractivity (Wildman–Crippen MR) is 51.9 cm³/mol. The van der Waals surface area contributed by atoms with Crippen LogP contribution in [0.2, 0.25) is 0 Å². The normalized spacial score (nSPS) is 10.0. The largest absolute Gasteiger partial charge is 0.493 e. The molecule has 0 aliphatic carbocycles. The molecule has 0 heterocycles. The van der Waals surface area contributed by atoms with Crippen molar-refractivity contribution < 1.29 is 13.5 Å². The van der Waals surface area contributed by atoms with Crippen molar-refractivity contribution in [2.45, 2.75) is 19.3 Å². The molecule has 0 radical (unpaired) electrons. The summed E-state index contributed by atoms with van der Waals surface area (Å²) < 4.78 is 28.9. The summed E-state index contributed by atoms with van der Waals surface area (Å²) in [5.74, 6) is 0.514. The molecule has 1 rings (SSSR count). The van der Waals surface area contributed by atoms with Crippen LogP contribution in [0.15, 0.2) is 24.3 Å². The third-order valence-corrected chi connectivity index (χ3v) is 1.84. The molecule has 80 valence electrons. The number of para-hydroxylation sites is 1. The van der Waals surface area contributed by atoms with Crippen LogP contribution in [0.4, 0.5) is 8.78 Å². The van der Waals surface area contributed by atoms with Gasteiger partial charge in [0, 0.05) is 12.0 Å². The maximum absolute atomic E-state index is 11.9. The summed E-state index contributed by atoms with van der Waals surface area (Å²) >= 11 is 0. The number of ether oxygens (including phenoxy) is 1. The van der Waals surface area contributed by atoms with Gasteiger partial charge >= 0.3 is 0 Å². The van der Waals surface area contributed by atoms with Crippen LogP contribution in [0.3, 0.4) is 0 Å². The van der Waals surface area contributed by atoms with Gasteiger partial charge in [-0.1, -0.05) is 18.2 Å². The molecule has 1 aromatic carbocycles. The van der Waals surface area contributed by atoms with Crippen LogP contribution >= 0.6 is 0 Å². The van der Waals surface area contributed by atoms with E-state index in [0.717, 1.165) is 5.56 Å². The Morgan fingerprint density at radius 1 is 1.33 bits per heavy atom. The molecule has 0 aromatic heterocycles. The second-order valence-electron chi connectivity index (χ2n) is 2.97. The molecule has 0 saturated carbocycles. The van der Waals surface area contributed by atoms with E-state index < -0.39 is 6.43 Å². The number of halogens is 2. The molecule has 0 bridgehead atoms. The Bertz CT molecular complexity index is 347. The average molecular weight is 211 g/mol. The van der Waals surface area contributed by atoms with E-state index in [-0.39, 0.29) is 19.4 Å². The van der Waals surface area contributed by atoms with Crippen molar-refractivity contribution in [1.29, 1.82) is 5.26 Å². The van der Waals surface area contributed by atoms with E-state index in [0.29, 0.717) is 5.75 Å². The van der Waals surface area contributed by atoms with Crippen LogP contribution in [-0.2, 0) is 6.42 Å². The Balaban J connectivity index is 2.56. The number of alkyl halides is 2. The van der Waals surface area contributed by atoms with E-state index in [2.05, 4.69) is 0 Å². The van der Waals surface area contributed by atoms with Gasteiger partial charge in [-0.05, 0) is 6.07 Å². The van der Waals surface area contributed by atoms with Gasteiger partial charge in [0.2, 0.25) is 6.43 Å². The smallest absolute Gasteiger partial charge is 0.241 e. The zero-order valence-electron chi connectivity index (χ0n) is 8.12. The Hall–Kier alpha value is -1.63. The summed E-state index contributed by atoms with van der Waals surface area (Å²) in [6, 6.07) is 8.96. The van der Waals surface area contributed by atoms with E-state index in [4.69, 9.17) is 10.00 Å². The zero-order chi connectivity index (χ0) is 11.1. The number of hydrogen-bond donors (Lipinski definition) is 0. The van der Waals surface area contributed by atoms with Crippen molar-refractivity contribution in [2.24, 2.45) is 0 Å². The van der Waals surface area contributed by atoms with Gasteiger partial charge in [0.1, 0.15) is 5.75 Å². The lowest BCUT2D eigenvalue weighted by atomic mass is 10.1. The number of hydrogen-bond acceptors (Lipinski definition) is 2. The lowest BCUT2D eigenvalue weighted by Gasteiger charge is -2.08. The molecular formula is C11H11F2NO. The second kappa shape index (κ2) is 5.97. The maximum atomic E-state index is 11.9. The third kappa shape index (κ3) is 3.94. The monoisotopic (exact) mass is 211 g/mol. The van der Waals surface area contributed by atoms with Crippen molar-refractivity contribution in [1.82, 2.24) is 0 Å². The lowest BCUT2D eigenvalue weighted by molar-refractivity contribution is 0.114. The molecule has 0 fully saturated rings. The molecule has 0 aliphatic heterocycles. The molecule has 2 nitrogen and oxygen atoms in total. The highest BCUT2D eigenvalue weighted by atomic mass is 19.3. The topological polar surface area (TPSA) is 33.0 Å². The third-order valence-electron chi connectivity index (χ3n) is 1.84. The molecule has 0 saturated heterocycles. The van der Waals surface area contributed by atoms with Crippen LogP contribution in [-0.4, -0.2) is 13.0 Å². The fourth-order valence-corrected chi connectivity index (χ4v) is 1.13. The molecular weight excluding hydrogens is 200 g/mol. The van der Waals surface area contributed by atoms with Crippen molar-refractivity contribution in [3.63, 3.8) is 0 Å². The minimum absolute atomic E-state index is 0.0277. The highest BCUT2D eigenvalue weighted by Crippen LogP contribution is 2.18. The molecule has 0 aliphatic rings. The summed E-state index contributed by atoms with van der Waals surface area (Å²) in [6.07, 6.45) is -2.42. The van der Waals surface area contributed by atoms with Gasteiger partial charge in [0.25, 0.3) is 0 Å². The first kappa shape index (κ1) is 11.4. The summed E-state index contributed by atoms with van der Waals surface area (Å²) in [4.78, 5) is 0. The van der Waals surface area contributed by atoms with Crippen molar-refractivity contribution >= 4 is 0 Å². The van der Waals surface area contributed by atoms with Gasteiger partial charge in [-0.25, -0.2) is 8.78 Å². The van der Waals surface area contributed by atoms with E-state index in [9.17, 15) is 8.78 Å². The Morgan fingerprint density at radius 3 is 2.73 bits per heavy atom. The minimum Gasteiger partial charge on any atom is -0.493 e. The Morgan fingerprint density at radius 2 is 2.07 bits per heavy atom. The van der Waals surface area contributed by atoms with Crippen LogP contribution in [0, 0.1) is 11.3 Å². The SMILES string of the molecule is N#CCc1ccccc1OCCC(F)F. The number of nitriles is 1. The molecule has 4 heteroatoms. The van der Waals surface area contributed by atoms with Gasteiger partial charge in [-0.3, -0.25) is 0 Å². The van der Waals surface area contributed by atoms with E-state index >= 15 is 0 Å². The van der Waals surface area contributed by atoms with Crippen LogP contribution in [0.1, 0.15) is 12.0 Å². The van der Waals surface area contributed by atoms with Crippen LogP contribution in [0.5, 0.6) is 5.75 Å². The van der Waals surface area contributed by atoms with Crippen molar-refractivity contribution in [3.8, 4) is 11.8 Å².